The smallest absolute Gasteiger partial charge is 0.147 e. The fourth-order valence-corrected chi connectivity index (χ4v) is 1.81. The first kappa shape index (κ1) is 9.82. The number of piperidine rings is 1. The molecule has 0 bridgehead atoms. The summed E-state index contributed by atoms with van der Waals surface area (Å²) in [4.78, 5) is 10.5. The lowest BCUT2D eigenvalue weighted by Gasteiger charge is -2.30. The lowest BCUT2D eigenvalue weighted by molar-refractivity contribution is 0.486. The van der Waals surface area contributed by atoms with Crippen molar-refractivity contribution in [2.75, 3.05) is 18.0 Å². The summed E-state index contributed by atoms with van der Waals surface area (Å²) in [5, 5.41) is 7.32. The molecule has 6 heteroatoms. The van der Waals surface area contributed by atoms with Crippen LogP contribution in [-0.4, -0.2) is 29.1 Å². The van der Waals surface area contributed by atoms with Crippen molar-refractivity contribution in [3.8, 4) is 0 Å². The highest BCUT2D eigenvalue weighted by molar-refractivity contribution is 5.35. The van der Waals surface area contributed by atoms with Crippen molar-refractivity contribution in [3.05, 3.63) is 18.6 Å². The maximum atomic E-state index is 5.06. The Morgan fingerprint density at radius 3 is 3.13 bits per heavy atom. The largest absolute Gasteiger partial charge is 0.353 e. The molecule has 0 spiro atoms. The van der Waals surface area contributed by atoms with E-state index < -0.39 is 0 Å². The molecule has 0 saturated carbocycles. The fourth-order valence-electron chi connectivity index (χ4n) is 1.81. The van der Waals surface area contributed by atoms with Crippen LogP contribution in [0.3, 0.4) is 0 Å². The molecule has 1 saturated heterocycles. The Kier molecular flexibility index (Phi) is 3.06. The molecule has 1 aromatic rings. The van der Waals surface area contributed by atoms with Crippen molar-refractivity contribution in [2.24, 2.45) is 16.2 Å². The third-order valence-electron chi connectivity index (χ3n) is 2.50. The van der Waals surface area contributed by atoms with Gasteiger partial charge in [-0.25, -0.2) is 4.98 Å². The topological polar surface area (TPSA) is 79.8 Å². The van der Waals surface area contributed by atoms with Gasteiger partial charge in [0.05, 0.1) is 12.2 Å². The number of anilines is 1. The van der Waals surface area contributed by atoms with E-state index in [9.17, 15) is 0 Å². The minimum absolute atomic E-state index is 0.186. The van der Waals surface area contributed by atoms with Gasteiger partial charge in [-0.05, 0) is 12.8 Å². The first-order chi connectivity index (χ1) is 7.40. The first-order valence-corrected chi connectivity index (χ1v) is 5.01. The van der Waals surface area contributed by atoms with E-state index in [0.717, 1.165) is 31.7 Å². The van der Waals surface area contributed by atoms with Gasteiger partial charge in [-0.3, -0.25) is 4.98 Å². The van der Waals surface area contributed by atoms with Crippen LogP contribution >= 0.6 is 0 Å². The average molecular weight is 206 g/mol. The number of rotatable bonds is 2. The lowest BCUT2D eigenvalue weighted by atomic mass is 10.1. The standard InChI is InChI=1S/C9H14N6/c10-14-13-8-2-1-5-15(7-8)9-6-11-3-4-12-9/h3-4,6,8H,1-2,5,7H2,(H2,10,13)/t8-/m0/s1. The molecule has 0 aromatic carbocycles. The quantitative estimate of drug-likeness (QED) is 0.440. The van der Waals surface area contributed by atoms with Gasteiger partial charge in [-0.1, -0.05) is 5.22 Å². The highest BCUT2D eigenvalue weighted by Crippen LogP contribution is 2.18. The van der Waals surface area contributed by atoms with Crippen LogP contribution in [0.15, 0.2) is 28.9 Å². The van der Waals surface area contributed by atoms with E-state index in [-0.39, 0.29) is 6.04 Å². The summed E-state index contributed by atoms with van der Waals surface area (Å²) in [5.74, 6) is 5.95. The molecule has 80 valence electrons. The van der Waals surface area contributed by atoms with Crippen LogP contribution in [0.25, 0.3) is 0 Å². The molecule has 1 aliphatic heterocycles. The van der Waals surface area contributed by atoms with E-state index in [1.807, 2.05) is 0 Å². The maximum Gasteiger partial charge on any atom is 0.147 e. The number of hydrogen-bond donors (Lipinski definition) is 1. The molecule has 0 unspecified atom stereocenters. The van der Waals surface area contributed by atoms with Crippen LogP contribution in [0.4, 0.5) is 5.82 Å². The van der Waals surface area contributed by atoms with Crippen LogP contribution in [0.5, 0.6) is 0 Å². The van der Waals surface area contributed by atoms with Crippen molar-refractivity contribution < 1.29 is 0 Å². The van der Waals surface area contributed by atoms with Gasteiger partial charge in [0.2, 0.25) is 0 Å². The average Bonchev–Trinajstić information content (AvgIpc) is 2.31. The van der Waals surface area contributed by atoms with E-state index in [1.54, 1.807) is 18.6 Å². The Labute approximate surface area is 88.2 Å². The molecule has 6 nitrogen and oxygen atoms in total. The highest BCUT2D eigenvalue weighted by Gasteiger charge is 2.20. The monoisotopic (exact) mass is 206 g/mol. The second-order valence-corrected chi connectivity index (χ2v) is 3.54. The van der Waals surface area contributed by atoms with Gasteiger partial charge >= 0.3 is 0 Å². The summed E-state index contributed by atoms with van der Waals surface area (Å²) >= 11 is 0. The van der Waals surface area contributed by atoms with E-state index in [4.69, 9.17) is 5.84 Å². The van der Waals surface area contributed by atoms with Gasteiger partial charge in [-0.15, -0.1) is 0 Å². The van der Waals surface area contributed by atoms with Crippen LogP contribution in [-0.2, 0) is 0 Å². The number of aromatic nitrogens is 2. The number of nitrogens with two attached hydrogens (primary N) is 1. The number of hydrogen-bond acceptors (Lipinski definition) is 5. The van der Waals surface area contributed by atoms with Crippen LogP contribution in [0.2, 0.25) is 0 Å². The highest BCUT2D eigenvalue weighted by atomic mass is 15.3. The third kappa shape index (κ3) is 2.39. The van der Waals surface area contributed by atoms with Gasteiger partial charge in [0.15, 0.2) is 0 Å². The normalized spacial score (nSPS) is 22.1. The van der Waals surface area contributed by atoms with Crippen molar-refractivity contribution in [3.63, 3.8) is 0 Å². The zero-order valence-electron chi connectivity index (χ0n) is 8.45. The van der Waals surface area contributed by atoms with Gasteiger partial charge in [0, 0.05) is 25.5 Å². The number of nitrogens with zero attached hydrogens (tertiary/aromatic N) is 5. The van der Waals surface area contributed by atoms with Gasteiger partial charge < -0.3 is 10.7 Å². The van der Waals surface area contributed by atoms with E-state index in [2.05, 4.69) is 25.2 Å². The van der Waals surface area contributed by atoms with Crippen LogP contribution in [0.1, 0.15) is 12.8 Å². The second kappa shape index (κ2) is 4.68. The summed E-state index contributed by atoms with van der Waals surface area (Å²) in [6.07, 6.45) is 7.26. The SMILES string of the molecule is NN=N[C@H]1CCCN(c2cnccn2)C1. The molecule has 1 atom stereocenters. The summed E-state index contributed by atoms with van der Waals surface area (Å²) in [5.41, 5.74) is 0. The van der Waals surface area contributed by atoms with Gasteiger partial charge in [0.1, 0.15) is 5.82 Å². The predicted molar refractivity (Wildman–Crippen MR) is 56.3 cm³/mol. The minimum Gasteiger partial charge on any atom is -0.353 e. The summed E-state index contributed by atoms with van der Waals surface area (Å²) in [6, 6.07) is 0.186. The summed E-state index contributed by atoms with van der Waals surface area (Å²) in [7, 11) is 0. The molecular weight excluding hydrogens is 192 g/mol. The molecule has 0 amide bonds. The summed E-state index contributed by atoms with van der Waals surface area (Å²) < 4.78 is 0. The Morgan fingerprint density at radius 1 is 1.47 bits per heavy atom. The Balaban J connectivity index is 2.04. The molecule has 15 heavy (non-hydrogen) atoms. The Bertz CT molecular complexity index is 325. The molecule has 2 heterocycles. The Morgan fingerprint density at radius 2 is 2.40 bits per heavy atom. The molecule has 1 aromatic heterocycles. The summed E-state index contributed by atoms with van der Waals surface area (Å²) in [6.45, 7) is 1.81. The van der Waals surface area contributed by atoms with Crippen molar-refractivity contribution >= 4 is 5.82 Å². The van der Waals surface area contributed by atoms with Crippen molar-refractivity contribution in [1.82, 2.24) is 9.97 Å². The van der Waals surface area contributed by atoms with Crippen molar-refractivity contribution in [2.45, 2.75) is 18.9 Å². The molecule has 0 aliphatic carbocycles. The zero-order valence-corrected chi connectivity index (χ0v) is 8.45. The molecule has 2 rings (SSSR count). The predicted octanol–water partition coefficient (Wildman–Crippen LogP) is 0.771. The minimum atomic E-state index is 0.186. The molecule has 1 aliphatic rings. The van der Waals surface area contributed by atoms with Crippen LogP contribution in [0, 0.1) is 0 Å². The van der Waals surface area contributed by atoms with Gasteiger partial charge in [-0.2, -0.15) is 5.11 Å². The van der Waals surface area contributed by atoms with E-state index in [1.165, 1.54) is 0 Å². The van der Waals surface area contributed by atoms with Gasteiger partial charge in [0.25, 0.3) is 0 Å². The third-order valence-corrected chi connectivity index (χ3v) is 2.50. The zero-order chi connectivity index (χ0) is 10.5. The fraction of sp³-hybridized carbons (Fsp3) is 0.556. The molecule has 1 fully saturated rings. The van der Waals surface area contributed by atoms with Crippen molar-refractivity contribution in [1.29, 1.82) is 0 Å². The first-order valence-electron chi connectivity index (χ1n) is 5.01. The molecular formula is C9H14N6. The lowest BCUT2D eigenvalue weighted by Crippen LogP contribution is -2.38. The molecule has 2 N–H and O–H groups in total. The van der Waals surface area contributed by atoms with E-state index >= 15 is 0 Å². The second-order valence-electron chi connectivity index (χ2n) is 3.54. The van der Waals surface area contributed by atoms with E-state index in [0.29, 0.717) is 0 Å². The van der Waals surface area contributed by atoms with Crippen LogP contribution < -0.4 is 10.7 Å². The Hall–Kier alpha value is -1.72. The maximum absolute atomic E-state index is 5.06. The molecule has 0 radical (unpaired) electrons.